The molecule has 1 aliphatic heterocycles. The van der Waals surface area contributed by atoms with Gasteiger partial charge in [0.25, 0.3) is 0 Å². The highest BCUT2D eigenvalue weighted by Crippen LogP contribution is 2.26. The molecule has 0 saturated carbocycles. The SMILES string of the molecule is Cc1c(CNC2CCN(S(C)(=O)=O)CC2)c2ccccc2n1CC(N)=O. The topological polar surface area (TPSA) is 97.4 Å². The number of sulfonamides is 1. The van der Waals surface area contributed by atoms with E-state index in [0.717, 1.165) is 35.0 Å². The molecule has 2 heterocycles. The smallest absolute Gasteiger partial charge is 0.237 e. The summed E-state index contributed by atoms with van der Waals surface area (Å²) < 4.78 is 26.7. The molecule has 3 rings (SSSR count). The van der Waals surface area contributed by atoms with Crippen molar-refractivity contribution in [3.05, 3.63) is 35.5 Å². The molecule has 0 aliphatic carbocycles. The minimum absolute atomic E-state index is 0.166. The van der Waals surface area contributed by atoms with Gasteiger partial charge in [0.05, 0.1) is 6.26 Å². The zero-order chi connectivity index (χ0) is 18.9. The zero-order valence-corrected chi connectivity index (χ0v) is 16.1. The van der Waals surface area contributed by atoms with E-state index < -0.39 is 10.0 Å². The highest BCUT2D eigenvalue weighted by atomic mass is 32.2. The Labute approximate surface area is 154 Å². The van der Waals surface area contributed by atoms with Crippen LogP contribution in [0.1, 0.15) is 24.1 Å². The Kier molecular flexibility index (Phi) is 5.36. The molecule has 1 saturated heterocycles. The number of carbonyl (C=O) groups excluding carboxylic acids is 1. The van der Waals surface area contributed by atoms with Crippen LogP contribution in [0, 0.1) is 6.92 Å². The van der Waals surface area contributed by atoms with Gasteiger partial charge in [0.2, 0.25) is 15.9 Å². The number of para-hydroxylation sites is 1. The summed E-state index contributed by atoms with van der Waals surface area (Å²) in [6.07, 6.45) is 2.86. The lowest BCUT2D eigenvalue weighted by molar-refractivity contribution is -0.118. The van der Waals surface area contributed by atoms with Crippen LogP contribution >= 0.6 is 0 Å². The summed E-state index contributed by atoms with van der Waals surface area (Å²) in [5.41, 5.74) is 8.60. The summed E-state index contributed by atoms with van der Waals surface area (Å²) in [5.74, 6) is -0.360. The van der Waals surface area contributed by atoms with Crippen LogP contribution in [0.3, 0.4) is 0 Å². The van der Waals surface area contributed by atoms with Gasteiger partial charge in [0.15, 0.2) is 0 Å². The average Bonchev–Trinajstić information content (AvgIpc) is 2.84. The number of benzene rings is 1. The predicted molar refractivity (Wildman–Crippen MR) is 102 cm³/mol. The number of nitrogens with two attached hydrogens (primary N) is 1. The number of rotatable bonds is 6. The van der Waals surface area contributed by atoms with Crippen LogP contribution in [0.25, 0.3) is 10.9 Å². The highest BCUT2D eigenvalue weighted by molar-refractivity contribution is 7.88. The molecular formula is C18H26N4O3S. The average molecular weight is 378 g/mol. The Morgan fingerprint density at radius 3 is 2.54 bits per heavy atom. The molecule has 1 aromatic carbocycles. The van der Waals surface area contributed by atoms with E-state index in [9.17, 15) is 13.2 Å². The van der Waals surface area contributed by atoms with Gasteiger partial charge in [0, 0.05) is 42.3 Å². The van der Waals surface area contributed by atoms with Crippen molar-refractivity contribution in [2.75, 3.05) is 19.3 Å². The number of fused-ring (bicyclic) bond motifs is 1. The molecule has 7 nitrogen and oxygen atoms in total. The van der Waals surface area contributed by atoms with Crippen LogP contribution in [-0.2, 0) is 27.9 Å². The minimum atomic E-state index is -3.10. The first-order valence-electron chi connectivity index (χ1n) is 8.81. The molecule has 1 aromatic heterocycles. The van der Waals surface area contributed by atoms with Crippen LogP contribution in [0.4, 0.5) is 0 Å². The Bertz CT molecular complexity index is 912. The molecular weight excluding hydrogens is 352 g/mol. The normalized spacial score (nSPS) is 17.0. The Morgan fingerprint density at radius 1 is 1.27 bits per heavy atom. The third kappa shape index (κ3) is 3.92. The number of nitrogens with one attached hydrogen (secondary N) is 1. The first-order chi connectivity index (χ1) is 12.3. The van der Waals surface area contributed by atoms with Gasteiger partial charge in [-0.05, 0) is 31.4 Å². The van der Waals surface area contributed by atoms with E-state index in [1.807, 2.05) is 29.7 Å². The molecule has 0 spiro atoms. The zero-order valence-electron chi connectivity index (χ0n) is 15.2. The Hall–Kier alpha value is -1.90. The summed E-state index contributed by atoms with van der Waals surface area (Å²) in [6.45, 7) is 3.96. The third-order valence-electron chi connectivity index (χ3n) is 5.17. The van der Waals surface area contributed by atoms with Gasteiger partial charge >= 0.3 is 0 Å². The fraction of sp³-hybridized carbons (Fsp3) is 0.500. The third-order valence-corrected chi connectivity index (χ3v) is 6.47. The lowest BCUT2D eigenvalue weighted by atomic mass is 10.1. The van der Waals surface area contributed by atoms with Gasteiger partial charge in [0.1, 0.15) is 6.54 Å². The van der Waals surface area contributed by atoms with E-state index in [1.165, 1.54) is 10.6 Å². The van der Waals surface area contributed by atoms with Gasteiger partial charge in [-0.15, -0.1) is 0 Å². The second-order valence-corrected chi connectivity index (χ2v) is 8.93. The van der Waals surface area contributed by atoms with Gasteiger partial charge in [-0.3, -0.25) is 4.79 Å². The van der Waals surface area contributed by atoms with Crippen LogP contribution in [0.2, 0.25) is 0 Å². The van der Waals surface area contributed by atoms with Gasteiger partial charge in [-0.2, -0.15) is 0 Å². The van der Waals surface area contributed by atoms with Crippen molar-refractivity contribution in [2.45, 2.75) is 38.9 Å². The molecule has 1 amide bonds. The van der Waals surface area contributed by atoms with E-state index in [2.05, 4.69) is 11.4 Å². The minimum Gasteiger partial charge on any atom is -0.368 e. The number of nitrogens with zero attached hydrogens (tertiary/aromatic N) is 2. The van der Waals surface area contributed by atoms with Crippen molar-refractivity contribution in [3.63, 3.8) is 0 Å². The number of primary amides is 1. The molecule has 1 aliphatic rings. The summed E-state index contributed by atoms with van der Waals surface area (Å²) in [4.78, 5) is 11.4. The number of hydrogen-bond acceptors (Lipinski definition) is 4. The maximum absolute atomic E-state index is 11.6. The van der Waals surface area contributed by atoms with Crippen LogP contribution in [0.15, 0.2) is 24.3 Å². The number of hydrogen-bond donors (Lipinski definition) is 2. The number of amides is 1. The predicted octanol–water partition coefficient (Wildman–Crippen LogP) is 0.949. The van der Waals surface area contributed by atoms with Crippen molar-refractivity contribution >= 4 is 26.8 Å². The van der Waals surface area contributed by atoms with E-state index in [1.54, 1.807) is 0 Å². The first-order valence-corrected chi connectivity index (χ1v) is 10.7. The molecule has 2 aromatic rings. The van der Waals surface area contributed by atoms with Gasteiger partial charge in [-0.25, -0.2) is 12.7 Å². The fourth-order valence-electron chi connectivity index (χ4n) is 3.72. The monoisotopic (exact) mass is 378 g/mol. The number of carbonyl (C=O) groups is 1. The van der Waals surface area contributed by atoms with Crippen molar-refractivity contribution in [3.8, 4) is 0 Å². The summed E-state index contributed by atoms with van der Waals surface area (Å²) >= 11 is 0. The maximum atomic E-state index is 11.6. The lowest BCUT2D eigenvalue weighted by Gasteiger charge is -2.30. The molecule has 26 heavy (non-hydrogen) atoms. The molecule has 8 heteroatoms. The highest BCUT2D eigenvalue weighted by Gasteiger charge is 2.25. The van der Waals surface area contributed by atoms with Crippen molar-refractivity contribution < 1.29 is 13.2 Å². The standard InChI is InChI=1S/C18H26N4O3S/c1-13-16(11-20-14-7-9-21(10-8-14)26(2,24)25)15-5-3-4-6-17(15)22(13)12-18(19)23/h3-6,14,20H,7-12H2,1-2H3,(H2,19,23). The van der Waals surface area contributed by atoms with Crippen molar-refractivity contribution in [2.24, 2.45) is 5.73 Å². The molecule has 0 atom stereocenters. The summed E-state index contributed by atoms with van der Waals surface area (Å²) in [6, 6.07) is 8.29. The number of piperidine rings is 1. The summed E-state index contributed by atoms with van der Waals surface area (Å²) in [5, 5.41) is 4.68. The second-order valence-electron chi connectivity index (χ2n) is 6.95. The fourth-order valence-corrected chi connectivity index (χ4v) is 4.60. The first kappa shape index (κ1) is 18.9. The Balaban J connectivity index is 1.74. The van der Waals surface area contributed by atoms with Crippen LogP contribution in [0.5, 0.6) is 0 Å². The van der Waals surface area contributed by atoms with E-state index >= 15 is 0 Å². The molecule has 0 radical (unpaired) electrons. The van der Waals surface area contributed by atoms with Crippen LogP contribution in [-0.4, -0.2) is 48.6 Å². The largest absolute Gasteiger partial charge is 0.368 e. The molecule has 3 N–H and O–H groups in total. The second kappa shape index (κ2) is 7.38. The van der Waals surface area contributed by atoms with Gasteiger partial charge in [-0.1, -0.05) is 18.2 Å². The Morgan fingerprint density at radius 2 is 1.92 bits per heavy atom. The quantitative estimate of drug-likeness (QED) is 0.782. The maximum Gasteiger partial charge on any atom is 0.237 e. The van der Waals surface area contributed by atoms with Gasteiger partial charge < -0.3 is 15.6 Å². The molecule has 1 fully saturated rings. The van der Waals surface area contributed by atoms with E-state index in [-0.39, 0.29) is 18.5 Å². The lowest BCUT2D eigenvalue weighted by Crippen LogP contribution is -2.44. The number of aromatic nitrogens is 1. The van der Waals surface area contributed by atoms with Crippen molar-refractivity contribution in [1.29, 1.82) is 0 Å². The molecule has 0 bridgehead atoms. The van der Waals surface area contributed by atoms with E-state index in [0.29, 0.717) is 19.6 Å². The summed E-state index contributed by atoms with van der Waals surface area (Å²) in [7, 11) is -3.10. The van der Waals surface area contributed by atoms with E-state index in [4.69, 9.17) is 5.73 Å². The molecule has 0 unspecified atom stereocenters. The van der Waals surface area contributed by atoms with Crippen molar-refractivity contribution in [1.82, 2.24) is 14.2 Å². The molecule has 142 valence electrons. The van der Waals surface area contributed by atoms with Crippen LogP contribution < -0.4 is 11.1 Å².